The topological polar surface area (TPSA) is 103 Å². The number of halogens is 4. The third-order valence-corrected chi connectivity index (χ3v) is 6.99. The number of aromatic nitrogens is 3. The monoisotopic (exact) mass is 508 g/mol. The zero-order valence-corrected chi connectivity index (χ0v) is 19.1. The number of sulfonamides is 1. The average Bonchev–Trinajstić information content (AvgIpc) is 3.07. The van der Waals surface area contributed by atoms with Crippen LogP contribution in [0.1, 0.15) is 16.2 Å². The van der Waals surface area contributed by atoms with Crippen molar-refractivity contribution >= 4 is 62.3 Å². The van der Waals surface area contributed by atoms with E-state index in [2.05, 4.69) is 10.3 Å². The van der Waals surface area contributed by atoms with Gasteiger partial charge in [0.25, 0.3) is 15.9 Å². The number of carbonyl (C=O) groups excluding carboxylic acids is 1. The van der Waals surface area contributed by atoms with Crippen LogP contribution >= 0.6 is 46.4 Å². The van der Waals surface area contributed by atoms with Gasteiger partial charge in [-0.15, -0.1) is 5.10 Å². The molecule has 3 aromatic rings. The first kappa shape index (κ1) is 22.6. The first-order valence-electron chi connectivity index (χ1n) is 8.03. The smallest absolute Gasteiger partial charge is 0.287 e. The van der Waals surface area contributed by atoms with Crippen molar-refractivity contribution in [3.8, 4) is 11.4 Å². The minimum atomic E-state index is -4.31. The highest BCUT2D eigenvalue weighted by atomic mass is 35.5. The Morgan fingerprint density at radius 2 is 1.70 bits per heavy atom. The Morgan fingerprint density at radius 1 is 1.07 bits per heavy atom. The van der Waals surface area contributed by atoms with Crippen LogP contribution < -0.4 is 9.46 Å². The fraction of sp³-hybridized carbons (Fsp3) is 0.118. The lowest BCUT2D eigenvalue weighted by molar-refractivity contribution is 0.0976. The highest BCUT2D eigenvalue weighted by Crippen LogP contribution is 2.33. The summed E-state index contributed by atoms with van der Waals surface area (Å²) < 4.78 is 33.5. The molecule has 0 spiro atoms. The number of amides is 1. The Hall–Kier alpha value is -2.04. The molecule has 8 nitrogen and oxygen atoms in total. The van der Waals surface area contributed by atoms with Crippen LogP contribution in [0.2, 0.25) is 20.1 Å². The van der Waals surface area contributed by atoms with Gasteiger partial charge in [-0.25, -0.2) is 17.8 Å². The average molecular weight is 510 g/mol. The fourth-order valence-corrected chi connectivity index (χ4v) is 4.54. The minimum absolute atomic E-state index is 0.0816. The van der Waals surface area contributed by atoms with E-state index in [0.717, 1.165) is 0 Å². The number of hydrogen-bond acceptors (Lipinski definition) is 6. The predicted octanol–water partition coefficient (Wildman–Crippen LogP) is 4.32. The summed E-state index contributed by atoms with van der Waals surface area (Å²) in [5.41, 5.74) is 0.408. The van der Waals surface area contributed by atoms with Crippen molar-refractivity contribution in [2.24, 2.45) is 0 Å². The number of methoxy groups -OCH3 is 1. The second kappa shape index (κ2) is 8.60. The van der Waals surface area contributed by atoms with Crippen molar-refractivity contribution in [3.05, 3.63) is 61.8 Å². The van der Waals surface area contributed by atoms with E-state index in [1.54, 1.807) is 0 Å². The lowest BCUT2D eigenvalue weighted by Crippen LogP contribution is -2.31. The van der Waals surface area contributed by atoms with Gasteiger partial charge in [-0.2, -0.15) is 0 Å². The molecule has 0 bridgehead atoms. The molecule has 0 aliphatic rings. The molecule has 1 N–H and O–H groups in total. The number of carbonyl (C=O) groups is 1. The summed E-state index contributed by atoms with van der Waals surface area (Å²) in [4.78, 5) is 12.3. The van der Waals surface area contributed by atoms with Crippen LogP contribution in [-0.2, 0) is 10.0 Å². The SMILES string of the molecule is COc1ccc(Cl)c(S(=O)(=O)NC(=O)c2nnn(-c3cc(Cl)c(Cl)c(Cl)c3)c2C)c1. The molecule has 13 heteroatoms. The zero-order valence-electron chi connectivity index (χ0n) is 15.3. The second-order valence-electron chi connectivity index (χ2n) is 5.89. The van der Waals surface area contributed by atoms with Crippen LogP contribution in [0.15, 0.2) is 35.2 Å². The summed E-state index contributed by atoms with van der Waals surface area (Å²) in [5.74, 6) is -0.741. The van der Waals surface area contributed by atoms with Crippen LogP contribution in [-0.4, -0.2) is 36.4 Å². The summed E-state index contributed by atoms with van der Waals surface area (Å²) in [6.45, 7) is 1.52. The third-order valence-electron chi connectivity index (χ3n) is 3.98. The Balaban J connectivity index is 1.94. The van der Waals surface area contributed by atoms with Crippen LogP contribution in [0.3, 0.4) is 0 Å². The van der Waals surface area contributed by atoms with E-state index < -0.39 is 15.9 Å². The number of rotatable bonds is 5. The van der Waals surface area contributed by atoms with Crippen molar-refractivity contribution < 1.29 is 17.9 Å². The molecule has 0 saturated carbocycles. The Bertz CT molecular complexity index is 1240. The molecule has 0 unspecified atom stereocenters. The summed E-state index contributed by atoms with van der Waals surface area (Å²) in [6.07, 6.45) is 0. The van der Waals surface area contributed by atoms with Crippen molar-refractivity contribution in [3.63, 3.8) is 0 Å². The molecule has 0 aliphatic carbocycles. The molecule has 30 heavy (non-hydrogen) atoms. The van der Waals surface area contributed by atoms with Crippen LogP contribution in [0.25, 0.3) is 5.69 Å². The molecule has 158 valence electrons. The van der Waals surface area contributed by atoms with Gasteiger partial charge in [0.1, 0.15) is 10.6 Å². The number of nitrogens with zero attached hydrogens (tertiary/aromatic N) is 3. The van der Waals surface area contributed by atoms with Gasteiger partial charge in [0.2, 0.25) is 0 Å². The number of hydrogen-bond donors (Lipinski definition) is 1. The van der Waals surface area contributed by atoms with E-state index in [1.807, 2.05) is 4.72 Å². The van der Waals surface area contributed by atoms with Gasteiger partial charge in [-0.3, -0.25) is 4.79 Å². The molecule has 1 amide bonds. The van der Waals surface area contributed by atoms with Gasteiger partial charge >= 0.3 is 0 Å². The van der Waals surface area contributed by atoms with Crippen LogP contribution in [0.5, 0.6) is 5.75 Å². The lowest BCUT2D eigenvalue weighted by Gasteiger charge is -2.10. The Kier molecular flexibility index (Phi) is 6.49. The van der Waals surface area contributed by atoms with Crippen molar-refractivity contribution in [2.75, 3.05) is 7.11 Å². The standard InChI is InChI=1S/C17H12Cl4N4O4S/c1-8-16(22-24-25(8)9-5-12(19)15(21)13(20)6-9)17(26)23-30(27,28)14-7-10(29-2)3-4-11(14)18/h3-7H,1-2H3,(H,23,26). The Labute approximate surface area is 191 Å². The Morgan fingerprint density at radius 3 is 2.30 bits per heavy atom. The molecule has 3 rings (SSSR count). The third kappa shape index (κ3) is 4.35. The highest BCUT2D eigenvalue weighted by molar-refractivity contribution is 7.90. The van der Waals surface area contributed by atoms with Gasteiger partial charge in [0, 0.05) is 6.07 Å². The quantitative estimate of drug-likeness (QED) is 0.514. The van der Waals surface area contributed by atoms with Crippen molar-refractivity contribution in [1.82, 2.24) is 19.7 Å². The summed E-state index contributed by atoms with van der Waals surface area (Å²) in [5, 5.41) is 8.08. The van der Waals surface area contributed by atoms with E-state index in [0.29, 0.717) is 5.69 Å². The summed E-state index contributed by atoms with van der Waals surface area (Å²) in [6, 6.07) is 6.98. The zero-order chi connectivity index (χ0) is 22.2. The summed E-state index contributed by atoms with van der Waals surface area (Å²) >= 11 is 24.0. The maximum Gasteiger partial charge on any atom is 0.287 e. The summed E-state index contributed by atoms with van der Waals surface area (Å²) in [7, 11) is -2.94. The maximum absolute atomic E-state index is 12.6. The predicted molar refractivity (Wildman–Crippen MR) is 114 cm³/mol. The normalized spacial score (nSPS) is 11.4. The number of ether oxygens (including phenoxy) is 1. The molecular formula is C17H12Cl4N4O4S. The number of benzene rings is 2. The van der Waals surface area contributed by atoms with E-state index in [-0.39, 0.29) is 42.1 Å². The first-order chi connectivity index (χ1) is 14.0. The molecule has 1 aromatic heterocycles. The molecule has 0 fully saturated rings. The first-order valence-corrected chi connectivity index (χ1v) is 11.0. The molecule has 2 aromatic carbocycles. The molecule has 0 atom stereocenters. The van der Waals surface area contributed by atoms with Gasteiger partial charge in [-0.05, 0) is 31.2 Å². The van der Waals surface area contributed by atoms with Gasteiger partial charge in [-0.1, -0.05) is 51.6 Å². The van der Waals surface area contributed by atoms with Gasteiger partial charge in [0.15, 0.2) is 5.69 Å². The molecule has 1 heterocycles. The molecule has 0 aliphatic heterocycles. The molecular weight excluding hydrogens is 498 g/mol. The molecule has 0 radical (unpaired) electrons. The van der Waals surface area contributed by atoms with E-state index in [4.69, 9.17) is 51.1 Å². The van der Waals surface area contributed by atoms with E-state index >= 15 is 0 Å². The highest BCUT2D eigenvalue weighted by Gasteiger charge is 2.26. The second-order valence-corrected chi connectivity index (χ2v) is 9.14. The maximum atomic E-state index is 12.6. The lowest BCUT2D eigenvalue weighted by atomic mass is 10.3. The largest absolute Gasteiger partial charge is 0.497 e. The van der Waals surface area contributed by atoms with E-state index in [1.165, 1.54) is 49.0 Å². The van der Waals surface area contributed by atoms with E-state index in [9.17, 15) is 13.2 Å². The van der Waals surface area contributed by atoms with Gasteiger partial charge < -0.3 is 4.74 Å². The van der Waals surface area contributed by atoms with Crippen LogP contribution in [0, 0.1) is 6.92 Å². The van der Waals surface area contributed by atoms with Crippen molar-refractivity contribution in [2.45, 2.75) is 11.8 Å². The van der Waals surface area contributed by atoms with Crippen LogP contribution in [0.4, 0.5) is 0 Å². The fourth-order valence-electron chi connectivity index (χ4n) is 2.49. The molecule has 0 saturated heterocycles. The minimum Gasteiger partial charge on any atom is -0.497 e. The van der Waals surface area contributed by atoms with Gasteiger partial charge in [0.05, 0.1) is 38.6 Å². The van der Waals surface area contributed by atoms with Crippen molar-refractivity contribution in [1.29, 1.82) is 0 Å². The number of nitrogens with one attached hydrogen (secondary N) is 1.